The number of benzene rings is 3. The summed E-state index contributed by atoms with van der Waals surface area (Å²) in [5.41, 5.74) is 5.09. The number of nitrogens with one attached hydrogen (secondary N) is 2. The second kappa shape index (κ2) is 15.1. The van der Waals surface area contributed by atoms with Crippen molar-refractivity contribution in [3.05, 3.63) is 88.1 Å². The molecule has 0 radical (unpaired) electrons. The zero-order valence-corrected chi connectivity index (χ0v) is 31.8. The van der Waals surface area contributed by atoms with Crippen LogP contribution in [0.3, 0.4) is 0 Å². The van der Waals surface area contributed by atoms with E-state index in [1.165, 1.54) is 17.0 Å². The zero-order chi connectivity index (χ0) is 39.5. The molecule has 0 aliphatic carbocycles. The molecule has 1 aromatic heterocycles. The van der Waals surface area contributed by atoms with Crippen LogP contribution in [0.4, 0.5) is 28.9 Å². The third kappa shape index (κ3) is 7.02. The fourth-order valence-corrected chi connectivity index (χ4v) is 9.89. The van der Waals surface area contributed by atoms with Crippen molar-refractivity contribution in [1.82, 2.24) is 30.2 Å². The van der Waals surface area contributed by atoms with Crippen LogP contribution in [0.1, 0.15) is 71.3 Å². The Bertz CT molecular complexity index is 2190. The first-order chi connectivity index (χ1) is 27.5. The molecule has 3 fully saturated rings. The van der Waals surface area contributed by atoms with E-state index >= 15 is 8.78 Å². The van der Waals surface area contributed by atoms with Crippen LogP contribution in [0.2, 0.25) is 0 Å². The summed E-state index contributed by atoms with van der Waals surface area (Å²) in [5, 5.41) is 10.3. The highest BCUT2D eigenvalue weighted by Gasteiger charge is 2.41. The number of rotatable bonds is 8. The van der Waals surface area contributed by atoms with Crippen LogP contribution in [-0.4, -0.2) is 113 Å². The van der Waals surface area contributed by atoms with E-state index in [0.29, 0.717) is 55.2 Å². The summed E-state index contributed by atoms with van der Waals surface area (Å²) in [6.45, 7) is 7.26. The van der Waals surface area contributed by atoms with Gasteiger partial charge in [-0.05, 0) is 91.6 Å². The first kappa shape index (κ1) is 37.6. The highest BCUT2D eigenvalue weighted by Crippen LogP contribution is 2.43. The number of carbonyl (C=O) groups is 3. The number of H-pyrrole nitrogens is 1. The van der Waals surface area contributed by atoms with Gasteiger partial charge in [-0.2, -0.15) is 5.10 Å². The number of aromatic nitrogens is 2. The molecular formula is C42H46F4N8O3. The van der Waals surface area contributed by atoms with E-state index in [9.17, 15) is 23.2 Å². The summed E-state index contributed by atoms with van der Waals surface area (Å²) in [6, 6.07) is 10.2. The van der Waals surface area contributed by atoms with Gasteiger partial charge in [-0.3, -0.25) is 34.6 Å². The van der Waals surface area contributed by atoms with Crippen molar-refractivity contribution in [1.29, 1.82) is 0 Å². The van der Waals surface area contributed by atoms with Gasteiger partial charge < -0.3 is 14.7 Å². The summed E-state index contributed by atoms with van der Waals surface area (Å²) in [4.78, 5) is 47.1. The molecule has 6 heterocycles. The number of imide groups is 1. The van der Waals surface area contributed by atoms with E-state index in [2.05, 4.69) is 31.4 Å². The van der Waals surface area contributed by atoms with Crippen LogP contribution in [0.25, 0.3) is 10.9 Å². The molecule has 0 saturated carbocycles. The second-order valence-corrected chi connectivity index (χ2v) is 16.3. The number of fused-ring (bicyclic) bond motifs is 4. The third-order valence-corrected chi connectivity index (χ3v) is 12.9. The molecule has 9 rings (SSSR count). The summed E-state index contributed by atoms with van der Waals surface area (Å²) >= 11 is 0. The van der Waals surface area contributed by atoms with Gasteiger partial charge in [0.25, 0.3) is 12.3 Å². The second-order valence-electron chi connectivity index (χ2n) is 16.3. The molecule has 4 aromatic rings. The van der Waals surface area contributed by atoms with Gasteiger partial charge in [-0.1, -0.05) is 6.07 Å². The van der Waals surface area contributed by atoms with Gasteiger partial charge in [0.05, 0.1) is 24.3 Å². The minimum Gasteiger partial charge on any atom is -0.371 e. The number of carbonyl (C=O) groups excluding carboxylic acids is 3. The number of hydrogen-bond acceptors (Lipinski definition) is 8. The summed E-state index contributed by atoms with van der Waals surface area (Å²) in [6.07, 6.45) is 1.80. The van der Waals surface area contributed by atoms with Crippen LogP contribution >= 0.6 is 0 Å². The normalized spacial score (nSPS) is 23.8. The molecular weight excluding hydrogens is 741 g/mol. The lowest BCUT2D eigenvalue weighted by atomic mass is 9.83. The van der Waals surface area contributed by atoms with Gasteiger partial charge in [-0.25, -0.2) is 17.6 Å². The molecule has 3 aromatic carbocycles. The molecule has 2 N–H and O–H groups in total. The van der Waals surface area contributed by atoms with Crippen LogP contribution in [-0.2, 0) is 22.6 Å². The number of piperazine rings is 1. The topological polar surface area (TPSA) is 108 Å². The van der Waals surface area contributed by atoms with Gasteiger partial charge in [0.1, 0.15) is 17.7 Å². The predicted octanol–water partition coefficient (Wildman–Crippen LogP) is 5.24. The average molecular weight is 787 g/mol. The van der Waals surface area contributed by atoms with E-state index in [1.807, 2.05) is 24.0 Å². The highest BCUT2D eigenvalue weighted by atomic mass is 19.3. The molecule has 3 atom stereocenters. The molecule has 0 spiro atoms. The number of anilines is 2. The van der Waals surface area contributed by atoms with Gasteiger partial charge in [0.2, 0.25) is 11.8 Å². The van der Waals surface area contributed by atoms with Crippen molar-refractivity contribution in [3.63, 3.8) is 0 Å². The molecule has 2 unspecified atom stereocenters. The van der Waals surface area contributed by atoms with E-state index in [1.54, 1.807) is 23.2 Å². The van der Waals surface area contributed by atoms with Crippen LogP contribution in [0, 0.1) is 17.6 Å². The summed E-state index contributed by atoms with van der Waals surface area (Å²) in [5.74, 6) is -1.92. The molecule has 5 aliphatic rings. The Morgan fingerprint density at radius 1 is 0.877 bits per heavy atom. The molecule has 15 heteroatoms. The van der Waals surface area contributed by atoms with E-state index in [4.69, 9.17) is 0 Å². The monoisotopic (exact) mass is 786 g/mol. The van der Waals surface area contributed by atoms with Crippen LogP contribution in [0.5, 0.6) is 0 Å². The fourth-order valence-electron chi connectivity index (χ4n) is 9.89. The maximum atomic E-state index is 16.2. The number of amides is 3. The molecule has 3 amide bonds. The highest BCUT2D eigenvalue weighted by molar-refractivity contribution is 6.05. The Labute approximate surface area is 327 Å². The van der Waals surface area contributed by atoms with E-state index in [0.717, 1.165) is 73.3 Å². The van der Waals surface area contributed by atoms with Gasteiger partial charge >= 0.3 is 0 Å². The zero-order valence-electron chi connectivity index (χ0n) is 31.8. The molecule has 0 bridgehead atoms. The minimum absolute atomic E-state index is 0.176. The van der Waals surface area contributed by atoms with Crippen molar-refractivity contribution >= 4 is 40.0 Å². The molecule has 57 heavy (non-hydrogen) atoms. The van der Waals surface area contributed by atoms with Crippen LogP contribution in [0.15, 0.2) is 48.7 Å². The van der Waals surface area contributed by atoms with Crippen LogP contribution < -0.4 is 15.1 Å². The maximum Gasteiger partial charge on any atom is 0.255 e. The number of nitrogens with zero attached hydrogens (tertiary/aromatic N) is 6. The van der Waals surface area contributed by atoms with E-state index < -0.39 is 42.6 Å². The lowest BCUT2D eigenvalue weighted by molar-refractivity contribution is -0.136. The number of halogens is 4. The van der Waals surface area contributed by atoms with Crippen molar-refractivity contribution in [3.8, 4) is 0 Å². The average Bonchev–Trinajstić information content (AvgIpc) is 3.80. The lowest BCUT2D eigenvalue weighted by Crippen LogP contribution is -2.52. The quantitative estimate of drug-likeness (QED) is 0.185. The molecule has 11 nitrogen and oxygen atoms in total. The van der Waals surface area contributed by atoms with Crippen molar-refractivity contribution < 1.29 is 31.9 Å². The Hall–Kier alpha value is -5.02. The number of piperidine rings is 2. The summed E-state index contributed by atoms with van der Waals surface area (Å²) < 4.78 is 60.2. The smallest absolute Gasteiger partial charge is 0.255 e. The first-order valence-corrected chi connectivity index (χ1v) is 20.0. The van der Waals surface area contributed by atoms with Crippen molar-refractivity contribution in [2.75, 3.05) is 62.2 Å². The van der Waals surface area contributed by atoms with Crippen molar-refractivity contribution in [2.24, 2.45) is 5.92 Å². The third-order valence-electron chi connectivity index (χ3n) is 12.9. The van der Waals surface area contributed by atoms with Gasteiger partial charge in [-0.15, -0.1) is 0 Å². The number of alkyl halides is 2. The fraction of sp³-hybridized carbons (Fsp3) is 0.476. The Morgan fingerprint density at radius 3 is 2.33 bits per heavy atom. The van der Waals surface area contributed by atoms with E-state index in [-0.39, 0.29) is 29.8 Å². The SMILES string of the molecule is C[C@@H]1Cc2c(ccc3[nH]ncc23)C(c2c(F)cc(N3CCC(CN4CCN(c5ccc6c(c5)CN(C5CCC(=O)NC5=O)C6=O)CC4)CC3)cc2F)N1CC(F)F. The number of aromatic amines is 1. The predicted molar refractivity (Wildman–Crippen MR) is 206 cm³/mol. The molecule has 5 aliphatic heterocycles. The standard InChI is InChI=1S/C42H46F4N8O3/c1-24-16-31-30(4-5-35-32(31)20-47-49-35)40(53(24)23-37(45)46)39-33(43)18-28(19-34(39)44)51-10-8-25(9-11-51)21-50-12-14-52(15-13-50)27-2-3-29-26(17-27)22-54(42(29)57)36-6-7-38(55)48-41(36)56/h2-5,17-20,24-25,36-37,40H,6-16,21-23H2,1H3,(H,47,49)(H,48,55,56)/t24-,36?,40?/m1/s1. The molecule has 3 saturated heterocycles. The van der Waals surface area contributed by atoms with Gasteiger partial charge in [0, 0.05) is 92.7 Å². The molecule has 300 valence electrons. The Morgan fingerprint density at radius 2 is 1.61 bits per heavy atom. The Kier molecular flexibility index (Phi) is 9.92. The minimum atomic E-state index is -2.66. The van der Waals surface area contributed by atoms with Crippen molar-refractivity contribution in [2.45, 2.75) is 70.1 Å². The Balaban J connectivity index is 0.814. The van der Waals surface area contributed by atoms with Gasteiger partial charge in [0.15, 0.2) is 0 Å². The first-order valence-electron chi connectivity index (χ1n) is 20.0. The largest absolute Gasteiger partial charge is 0.371 e. The maximum absolute atomic E-state index is 16.2. The number of hydrogen-bond donors (Lipinski definition) is 2. The lowest BCUT2D eigenvalue weighted by Gasteiger charge is -2.42. The summed E-state index contributed by atoms with van der Waals surface area (Å²) in [7, 11) is 0.